The quantitative estimate of drug-likeness (QED) is 0.428. The lowest BCUT2D eigenvalue weighted by atomic mass is 9.87. The number of H-pyrrole nitrogens is 1. The number of hydrogen-bond acceptors (Lipinski definition) is 5. The number of nitrogens with zero attached hydrogens (tertiary/aromatic N) is 2. The number of aryl methyl sites for hydroxylation is 1. The van der Waals surface area contributed by atoms with E-state index >= 15 is 0 Å². The van der Waals surface area contributed by atoms with Gasteiger partial charge in [0.25, 0.3) is 0 Å². The zero-order valence-corrected chi connectivity index (χ0v) is 20.0. The highest BCUT2D eigenvalue weighted by atomic mass is 16.3. The number of phenols is 1. The van der Waals surface area contributed by atoms with Crippen molar-refractivity contribution in [3.05, 3.63) is 64.8 Å². The Morgan fingerprint density at radius 1 is 1.24 bits per heavy atom. The first-order chi connectivity index (χ1) is 16.3. The Bertz CT molecular complexity index is 1200. The van der Waals surface area contributed by atoms with E-state index in [1.54, 1.807) is 23.1 Å². The Labute approximate surface area is 199 Å². The Hall–Kier alpha value is -3.36. The Morgan fingerprint density at radius 3 is 2.74 bits per heavy atom. The van der Waals surface area contributed by atoms with E-state index in [9.17, 15) is 14.7 Å². The zero-order chi connectivity index (χ0) is 24.4. The molecule has 180 valence electrons. The third kappa shape index (κ3) is 4.64. The molecular weight excluding hydrogens is 430 g/mol. The molecule has 0 aliphatic carbocycles. The van der Waals surface area contributed by atoms with E-state index in [0.717, 1.165) is 33.3 Å². The number of carbonyl (C=O) groups is 2. The Morgan fingerprint density at radius 2 is 2.03 bits per heavy atom. The van der Waals surface area contributed by atoms with E-state index in [1.807, 2.05) is 44.1 Å². The summed E-state index contributed by atoms with van der Waals surface area (Å²) in [6.45, 7) is 3.41. The second-order valence-corrected chi connectivity index (χ2v) is 9.22. The van der Waals surface area contributed by atoms with E-state index in [1.165, 1.54) is 0 Å². The van der Waals surface area contributed by atoms with Crippen LogP contribution in [0, 0.1) is 6.92 Å². The molecule has 0 saturated carbocycles. The van der Waals surface area contributed by atoms with Gasteiger partial charge in [-0.2, -0.15) is 0 Å². The first-order valence-electron chi connectivity index (χ1n) is 11.6. The second-order valence-electron chi connectivity index (χ2n) is 9.22. The van der Waals surface area contributed by atoms with Crippen molar-refractivity contribution in [2.75, 3.05) is 33.7 Å². The molecule has 0 saturated heterocycles. The van der Waals surface area contributed by atoms with E-state index in [4.69, 9.17) is 5.73 Å². The van der Waals surface area contributed by atoms with Gasteiger partial charge in [-0.1, -0.05) is 23.8 Å². The van der Waals surface area contributed by atoms with Crippen molar-refractivity contribution in [2.45, 2.75) is 31.8 Å². The lowest BCUT2D eigenvalue weighted by molar-refractivity contribution is -0.143. The Balaban J connectivity index is 1.87. The summed E-state index contributed by atoms with van der Waals surface area (Å²) in [5.41, 5.74) is 10.5. The molecule has 0 bridgehead atoms. The average molecular weight is 464 g/mol. The van der Waals surface area contributed by atoms with Gasteiger partial charge in [0.15, 0.2) is 0 Å². The molecular formula is C26H33N5O3. The molecule has 1 aliphatic heterocycles. The van der Waals surface area contributed by atoms with Crippen LogP contribution in [0.3, 0.4) is 0 Å². The number of carbonyl (C=O) groups excluding carboxylic acids is 2. The summed E-state index contributed by atoms with van der Waals surface area (Å²) >= 11 is 0. The van der Waals surface area contributed by atoms with E-state index < -0.39 is 12.1 Å². The normalized spacial score (nSPS) is 17.7. The van der Waals surface area contributed by atoms with E-state index in [2.05, 4.69) is 16.4 Å². The molecule has 2 aromatic carbocycles. The first kappa shape index (κ1) is 23.8. The number of aromatic nitrogens is 1. The topological polar surface area (TPSA) is 115 Å². The molecule has 4 rings (SSSR count). The number of aromatic hydroxyl groups is 1. The fourth-order valence-corrected chi connectivity index (χ4v) is 4.78. The van der Waals surface area contributed by atoms with Crippen LogP contribution in [0.2, 0.25) is 0 Å². The summed E-state index contributed by atoms with van der Waals surface area (Å²) in [5, 5.41) is 14.3. The summed E-state index contributed by atoms with van der Waals surface area (Å²) in [6.07, 6.45) is 0.531. The molecule has 0 radical (unpaired) electrons. The van der Waals surface area contributed by atoms with E-state index in [0.29, 0.717) is 19.5 Å². The molecule has 3 aromatic rings. The van der Waals surface area contributed by atoms with Gasteiger partial charge in [0.2, 0.25) is 11.8 Å². The minimum atomic E-state index is -0.694. The SMILES string of the molecule is Cc1ccc2[nH]c3c(c2c1)CC(C(=O)NCCN(C)C)N(C(=O)CCN)C3c1cccc(O)c1. The second kappa shape index (κ2) is 9.87. The number of likely N-dealkylation sites (N-methyl/N-ethyl adjacent to an activating group) is 1. The maximum atomic E-state index is 13.5. The number of amides is 2. The molecule has 8 nitrogen and oxygen atoms in total. The minimum Gasteiger partial charge on any atom is -0.508 e. The number of rotatable bonds is 7. The number of fused-ring (bicyclic) bond motifs is 3. The van der Waals surface area contributed by atoms with Gasteiger partial charge in [-0.05, 0) is 56.4 Å². The number of nitrogens with two attached hydrogens (primary N) is 1. The third-order valence-electron chi connectivity index (χ3n) is 6.37. The van der Waals surface area contributed by atoms with Crippen molar-refractivity contribution < 1.29 is 14.7 Å². The monoisotopic (exact) mass is 463 g/mol. The van der Waals surface area contributed by atoms with Crippen molar-refractivity contribution in [3.63, 3.8) is 0 Å². The van der Waals surface area contributed by atoms with Gasteiger partial charge in [0.1, 0.15) is 11.8 Å². The summed E-state index contributed by atoms with van der Waals surface area (Å²) in [4.78, 5) is 34.0. The van der Waals surface area contributed by atoms with Crippen molar-refractivity contribution in [1.82, 2.24) is 20.1 Å². The van der Waals surface area contributed by atoms with Crippen molar-refractivity contribution >= 4 is 22.7 Å². The molecule has 0 spiro atoms. The van der Waals surface area contributed by atoms with Crippen LogP contribution in [0.25, 0.3) is 10.9 Å². The van der Waals surface area contributed by atoms with E-state index in [-0.39, 0.29) is 30.5 Å². The molecule has 2 heterocycles. The molecule has 2 amide bonds. The lowest BCUT2D eigenvalue weighted by Crippen LogP contribution is -2.55. The van der Waals surface area contributed by atoms with Crippen LogP contribution in [0.5, 0.6) is 5.75 Å². The molecule has 34 heavy (non-hydrogen) atoms. The minimum absolute atomic E-state index is 0.106. The van der Waals surface area contributed by atoms with Gasteiger partial charge in [-0.3, -0.25) is 9.59 Å². The Kier molecular flexibility index (Phi) is 6.90. The fourth-order valence-electron chi connectivity index (χ4n) is 4.78. The third-order valence-corrected chi connectivity index (χ3v) is 6.37. The predicted octanol–water partition coefficient (Wildman–Crippen LogP) is 2.05. The molecule has 1 aromatic heterocycles. The van der Waals surface area contributed by atoms with Crippen molar-refractivity contribution in [1.29, 1.82) is 0 Å². The van der Waals surface area contributed by atoms with Crippen LogP contribution in [0.1, 0.15) is 34.8 Å². The zero-order valence-electron chi connectivity index (χ0n) is 20.0. The lowest BCUT2D eigenvalue weighted by Gasteiger charge is -2.41. The highest BCUT2D eigenvalue weighted by molar-refractivity contribution is 5.92. The van der Waals surface area contributed by atoms with Gasteiger partial charge in [0.05, 0.1) is 6.04 Å². The molecule has 2 atom stereocenters. The van der Waals surface area contributed by atoms with Crippen LogP contribution in [0.15, 0.2) is 42.5 Å². The highest BCUT2D eigenvalue weighted by Gasteiger charge is 2.43. The standard InChI is InChI=1S/C26H33N5O3/c1-16-7-8-21-19(13-16)20-15-22(26(34)28-11-12-30(2)3)31(23(33)9-10-27)25(24(20)29-21)17-5-4-6-18(32)14-17/h4-8,13-14,22,25,29,32H,9-12,15,27H2,1-3H3,(H,28,34). The fraction of sp³-hybridized carbons (Fsp3) is 0.385. The van der Waals surface area contributed by atoms with Gasteiger partial charge < -0.3 is 30.9 Å². The van der Waals surface area contributed by atoms with Gasteiger partial charge in [-0.15, -0.1) is 0 Å². The highest BCUT2D eigenvalue weighted by Crippen LogP contribution is 2.42. The first-order valence-corrected chi connectivity index (χ1v) is 11.6. The molecule has 8 heteroatoms. The number of phenolic OH excluding ortho intramolecular Hbond substituents is 1. The van der Waals surface area contributed by atoms with Gasteiger partial charge in [0, 0.05) is 49.1 Å². The largest absolute Gasteiger partial charge is 0.508 e. The number of benzene rings is 2. The number of hydrogen-bond donors (Lipinski definition) is 4. The van der Waals surface area contributed by atoms with Crippen molar-refractivity contribution in [3.8, 4) is 5.75 Å². The maximum absolute atomic E-state index is 13.5. The van der Waals surface area contributed by atoms with Crippen LogP contribution < -0.4 is 11.1 Å². The van der Waals surface area contributed by atoms with Crippen LogP contribution in [0.4, 0.5) is 0 Å². The average Bonchev–Trinajstić information content (AvgIpc) is 3.15. The smallest absolute Gasteiger partial charge is 0.243 e. The summed E-state index contributed by atoms with van der Waals surface area (Å²) in [5.74, 6) is -0.274. The predicted molar refractivity (Wildman–Crippen MR) is 133 cm³/mol. The van der Waals surface area contributed by atoms with Gasteiger partial charge >= 0.3 is 0 Å². The van der Waals surface area contributed by atoms with Crippen LogP contribution in [-0.2, 0) is 16.0 Å². The molecule has 1 aliphatic rings. The molecule has 5 N–H and O–H groups in total. The summed E-state index contributed by atoms with van der Waals surface area (Å²) < 4.78 is 0. The molecule has 2 unspecified atom stereocenters. The number of aromatic amines is 1. The molecule has 0 fully saturated rings. The van der Waals surface area contributed by atoms with Gasteiger partial charge in [-0.25, -0.2) is 0 Å². The maximum Gasteiger partial charge on any atom is 0.243 e. The summed E-state index contributed by atoms with van der Waals surface area (Å²) in [6, 6.07) is 11.8. The summed E-state index contributed by atoms with van der Waals surface area (Å²) in [7, 11) is 3.89. The number of nitrogens with one attached hydrogen (secondary N) is 2. The van der Waals surface area contributed by atoms with Crippen molar-refractivity contribution in [2.24, 2.45) is 5.73 Å². The van der Waals surface area contributed by atoms with Crippen LogP contribution >= 0.6 is 0 Å². The van der Waals surface area contributed by atoms with Crippen LogP contribution in [-0.4, -0.2) is 71.5 Å².